The molecule has 0 amide bonds. The Morgan fingerprint density at radius 3 is 2.55 bits per heavy atom. The molecule has 0 aliphatic rings. The first kappa shape index (κ1) is 19.9. The first-order valence-corrected chi connectivity index (χ1v) is 8.79. The van der Waals surface area contributed by atoms with Gasteiger partial charge in [-0.05, 0) is 35.9 Å². The Kier molecular flexibility index (Phi) is 6.12. The number of halogens is 1. The van der Waals surface area contributed by atoms with Crippen molar-refractivity contribution in [1.29, 1.82) is 5.26 Å². The van der Waals surface area contributed by atoms with E-state index in [9.17, 15) is 5.26 Å². The summed E-state index contributed by atoms with van der Waals surface area (Å²) < 4.78 is 10.5. The van der Waals surface area contributed by atoms with E-state index >= 15 is 0 Å². The van der Waals surface area contributed by atoms with Gasteiger partial charge in [-0.1, -0.05) is 29.8 Å². The van der Waals surface area contributed by atoms with E-state index in [-0.39, 0.29) is 23.3 Å². The van der Waals surface area contributed by atoms with Crippen molar-refractivity contribution >= 4 is 40.8 Å². The van der Waals surface area contributed by atoms with Gasteiger partial charge in [0.2, 0.25) is 11.9 Å². The molecule has 3 rings (SSSR count). The summed E-state index contributed by atoms with van der Waals surface area (Å²) in [6, 6.07) is 14.8. The number of nitrogens with two attached hydrogens (primary N) is 1. The smallest absolute Gasteiger partial charge is 0.232 e. The highest BCUT2D eigenvalue weighted by Gasteiger charge is 2.13. The number of hydrogen-bond donors (Lipinski definition) is 2. The maximum absolute atomic E-state index is 9.64. The summed E-state index contributed by atoms with van der Waals surface area (Å²) in [6.45, 7) is 0. The molecule has 0 saturated carbocycles. The number of rotatable bonds is 6. The topological polar surface area (TPSA) is 119 Å². The Bertz CT molecular complexity index is 1100. The zero-order valence-corrected chi connectivity index (χ0v) is 16.4. The van der Waals surface area contributed by atoms with Crippen molar-refractivity contribution in [3.8, 4) is 17.6 Å². The summed E-state index contributed by atoms with van der Waals surface area (Å²) >= 11 is 6.24. The minimum absolute atomic E-state index is 0.0140. The predicted molar refractivity (Wildman–Crippen MR) is 112 cm³/mol. The van der Waals surface area contributed by atoms with Crippen LogP contribution in [0.4, 0.5) is 17.6 Å². The minimum atomic E-state index is -0.0140. The first-order valence-electron chi connectivity index (χ1n) is 8.41. The molecule has 0 aliphatic heterocycles. The van der Waals surface area contributed by atoms with Crippen LogP contribution in [-0.4, -0.2) is 29.2 Å². The van der Waals surface area contributed by atoms with Crippen LogP contribution in [0.25, 0.3) is 11.6 Å². The number of methoxy groups -OCH3 is 2. The van der Waals surface area contributed by atoms with Crippen molar-refractivity contribution in [2.75, 3.05) is 25.3 Å². The zero-order chi connectivity index (χ0) is 20.8. The van der Waals surface area contributed by atoms with Gasteiger partial charge in [0.1, 0.15) is 6.07 Å². The van der Waals surface area contributed by atoms with Crippen LogP contribution in [0.3, 0.4) is 0 Å². The van der Waals surface area contributed by atoms with E-state index in [4.69, 9.17) is 26.8 Å². The largest absolute Gasteiger partial charge is 0.493 e. The summed E-state index contributed by atoms with van der Waals surface area (Å²) in [7, 11) is 3.00. The third-order valence-electron chi connectivity index (χ3n) is 3.81. The van der Waals surface area contributed by atoms with E-state index in [2.05, 4.69) is 26.3 Å². The number of nitrogens with one attached hydrogen (secondary N) is 1. The van der Waals surface area contributed by atoms with Gasteiger partial charge in [0.05, 0.1) is 24.8 Å². The minimum Gasteiger partial charge on any atom is -0.493 e. The van der Waals surface area contributed by atoms with Crippen LogP contribution in [0.15, 0.2) is 42.5 Å². The molecule has 0 radical (unpaired) electrons. The van der Waals surface area contributed by atoms with Gasteiger partial charge in [-0.15, -0.1) is 0 Å². The fourth-order valence-electron chi connectivity index (χ4n) is 2.55. The van der Waals surface area contributed by atoms with Gasteiger partial charge < -0.3 is 20.5 Å². The molecule has 0 bridgehead atoms. The number of nitrogen functional groups attached to an aromatic ring is 1. The zero-order valence-electron chi connectivity index (χ0n) is 15.7. The second kappa shape index (κ2) is 8.91. The Hall–Kier alpha value is -3.83. The molecule has 1 heterocycles. The summed E-state index contributed by atoms with van der Waals surface area (Å²) in [4.78, 5) is 12.4. The average Bonchev–Trinajstić information content (AvgIpc) is 2.71. The van der Waals surface area contributed by atoms with Crippen LogP contribution in [0.2, 0.25) is 5.02 Å². The van der Waals surface area contributed by atoms with Gasteiger partial charge in [-0.2, -0.15) is 20.2 Å². The lowest BCUT2D eigenvalue weighted by atomic mass is 10.1. The predicted octanol–water partition coefficient (Wildman–Crippen LogP) is 3.93. The summed E-state index contributed by atoms with van der Waals surface area (Å²) in [5.74, 6) is 1.18. The molecular weight excluding hydrogens is 392 g/mol. The molecule has 3 N–H and O–H groups in total. The van der Waals surface area contributed by atoms with Crippen LogP contribution in [0, 0.1) is 11.3 Å². The lowest BCUT2D eigenvalue weighted by Gasteiger charge is -2.10. The number of para-hydroxylation sites is 1. The third-order valence-corrected chi connectivity index (χ3v) is 4.09. The highest BCUT2D eigenvalue weighted by atomic mass is 35.5. The van der Waals surface area contributed by atoms with Crippen LogP contribution < -0.4 is 20.5 Å². The van der Waals surface area contributed by atoms with E-state index in [1.807, 2.05) is 30.3 Å². The van der Waals surface area contributed by atoms with Gasteiger partial charge in [0.25, 0.3) is 0 Å². The standard InChI is InChI=1S/C20H17ClN6O2/c1-28-16-10-12(9-15(21)17(16)29-2)8-13(11-22)18-25-19(23)27-20(26-18)24-14-6-4-3-5-7-14/h3-10H,1-2H3,(H3,23,24,25,26,27)/b13-8+. The lowest BCUT2D eigenvalue weighted by molar-refractivity contribution is 0.355. The normalized spacial score (nSPS) is 10.9. The third kappa shape index (κ3) is 4.72. The fourth-order valence-corrected chi connectivity index (χ4v) is 2.85. The second-order valence-corrected chi connectivity index (χ2v) is 6.15. The summed E-state index contributed by atoms with van der Waals surface area (Å²) in [6.07, 6.45) is 1.58. The molecule has 29 heavy (non-hydrogen) atoms. The number of hydrogen-bond acceptors (Lipinski definition) is 8. The van der Waals surface area contributed by atoms with Crippen LogP contribution in [0.5, 0.6) is 11.5 Å². The maximum atomic E-state index is 9.64. The molecule has 0 unspecified atom stereocenters. The molecular formula is C20H17ClN6O2. The van der Waals surface area contributed by atoms with Gasteiger partial charge >= 0.3 is 0 Å². The molecule has 1 aromatic heterocycles. The molecule has 8 nitrogen and oxygen atoms in total. The van der Waals surface area contributed by atoms with E-state index in [0.717, 1.165) is 5.69 Å². The van der Waals surface area contributed by atoms with Crippen LogP contribution in [-0.2, 0) is 0 Å². The number of allylic oxidation sites excluding steroid dienone is 1. The van der Waals surface area contributed by atoms with Crippen molar-refractivity contribution in [2.45, 2.75) is 0 Å². The van der Waals surface area contributed by atoms with E-state index in [0.29, 0.717) is 22.1 Å². The Labute approximate surface area is 172 Å². The molecule has 0 aliphatic carbocycles. The van der Waals surface area contributed by atoms with Gasteiger partial charge in [0.15, 0.2) is 17.3 Å². The molecule has 0 spiro atoms. The van der Waals surface area contributed by atoms with Crippen molar-refractivity contribution in [1.82, 2.24) is 15.0 Å². The number of nitrogens with zero attached hydrogens (tertiary/aromatic N) is 4. The maximum Gasteiger partial charge on any atom is 0.232 e. The van der Waals surface area contributed by atoms with Crippen LogP contribution in [0.1, 0.15) is 11.4 Å². The molecule has 2 aromatic carbocycles. The second-order valence-electron chi connectivity index (χ2n) is 5.74. The number of anilines is 3. The highest BCUT2D eigenvalue weighted by molar-refractivity contribution is 6.32. The number of aromatic nitrogens is 3. The Morgan fingerprint density at radius 2 is 1.90 bits per heavy atom. The SMILES string of the molecule is COc1cc(/C=C(\C#N)c2nc(N)nc(Nc3ccccc3)n2)cc(Cl)c1OC. The van der Waals surface area contributed by atoms with Crippen LogP contribution >= 0.6 is 11.6 Å². The van der Waals surface area contributed by atoms with Crippen molar-refractivity contribution in [2.24, 2.45) is 0 Å². The lowest BCUT2D eigenvalue weighted by Crippen LogP contribution is -2.06. The molecule has 146 valence electrons. The number of ether oxygens (including phenoxy) is 2. The number of benzene rings is 2. The van der Waals surface area contributed by atoms with Gasteiger partial charge in [-0.25, -0.2) is 0 Å². The van der Waals surface area contributed by atoms with Crippen molar-refractivity contribution in [3.63, 3.8) is 0 Å². The average molecular weight is 409 g/mol. The van der Waals surface area contributed by atoms with E-state index in [1.54, 1.807) is 18.2 Å². The quantitative estimate of drug-likeness (QED) is 0.588. The molecule has 3 aromatic rings. The summed E-state index contributed by atoms with van der Waals surface area (Å²) in [5.41, 5.74) is 7.38. The highest BCUT2D eigenvalue weighted by Crippen LogP contribution is 2.37. The molecule has 0 atom stereocenters. The molecule has 9 heteroatoms. The summed E-state index contributed by atoms with van der Waals surface area (Å²) in [5, 5.41) is 13.0. The molecule has 0 saturated heterocycles. The Balaban J connectivity index is 2.00. The first-order chi connectivity index (χ1) is 14.0. The molecule has 0 fully saturated rings. The van der Waals surface area contributed by atoms with Gasteiger partial charge in [-0.3, -0.25) is 0 Å². The fraction of sp³-hybridized carbons (Fsp3) is 0.100. The van der Waals surface area contributed by atoms with Gasteiger partial charge in [0, 0.05) is 5.69 Å². The van der Waals surface area contributed by atoms with Crippen molar-refractivity contribution in [3.05, 3.63) is 58.9 Å². The van der Waals surface area contributed by atoms with E-state index in [1.165, 1.54) is 14.2 Å². The van der Waals surface area contributed by atoms with E-state index < -0.39 is 0 Å². The van der Waals surface area contributed by atoms with Crippen molar-refractivity contribution < 1.29 is 9.47 Å². The number of nitriles is 1. The Morgan fingerprint density at radius 1 is 1.14 bits per heavy atom. The monoisotopic (exact) mass is 408 g/mol.